The minimum Gasteiger partial charge on any atom is -0.455 e. The summed E-state index contributed by atoms with van der Waals surface area (Å²) in [6.45, 7) is 0. The van der Waals surface area contributed by atoms with Gasteiger partial charge in [0, 0.05) is 33.4 Å². The van der Waals surface area contributed by atoms with Crippen molar-refractivity contribution >= 4 is 61.1 Å². The number of benzene rings is 9. The highest BCUT2D eigenvalue weighted by Gasteiger charge is 2.16. The van der Waals surface area contributed by atoms with E-state index in [0.717, 1.165) is 83.3 Å². The fourth-order valence-corrected chi connectivity index (χ4v) is 8.10. The predicted octanol–water partition coefficient (Wildman–Crippen LogP) is 14.8. The van der Waals surface area contributed by atoms with Crippen LogP contribution in [0.2, 0.25) is 0 Å². The molecule has 0 fully saturated rings. The van der Waals surface area contributed by atoms with Crippen molar-refractivity contribution in [1.29, 1.82) is 0 Å². The Balaban J connectivity index is 0.954. The first-order valence-corrected chi connectivity index (χ1v) is 19.6. The third-order valence-corrected chi connectivity index (χ3v) is 11.1. The summed E-state index contributed by atoms with van der Waals surface area (Å²) in [5.74, 6) is 0. The van der Waals surface area contributed by atoms with E-state index >= 15 is 0 Å². The number of para-hydroxylation sites is 4. The first kappa shape index (κ1) is 33.5. The van der Waals surface area contributed by atoms with Crippen molar-refractivity contribution in [3.05, 3.63) is 212 Å². The van der Waals surface area contributed by atoms with Crippen LogP contribution in [0, 0.1) is 0 Å². The number of aromatic nitrogens is 2. The first-order valence-electron chi connectivity index (χ1n) is 19.6. The predicted molar refractivity (Wildman–Crippen MR) is 241 cm³/mol. The van der Waals surface area contributed by atoms with Gasteiger partial charge in [0.05, 0.1) is 22.1 Å². The zero-order chi connectivity index (χ0) is 38.4. The maximum absolute atomic E-state index is 6.40. The van der Waals surface area contributed by atoms with Crippen LogP contribution < -0.4 is 4.90 Å². The van der Waals surface area contributed by atoms with Crippen LogP contribution in [-0.4, -0.2) is 9.97 Å². The molecular formula is C54H35N3O. The Labute approximate surface area is 335 Å². The number of fused-ring (bicyclic) bond motifs is 5. The molecule has 11 aromatic rings. The SMILES string of the molecule is c1ccc(-c2ccc(-c3ccc(N(c4ccc(-c5ccc6nc7ccccc7nc6c5)cc4)c4ccc(-c5cccc6c5oc5ccccc56)cc4)cc3)cc2)cc1. The van der Waals surface area contributed by atoms with Crippen LogP contribution in [0.3, 0.4) is 0 Å². The molecule has 0 saturated heterocycles. The fourth-order valence-electron chi connectivity index (χ4n) is 8.10. The van der Waals surface area contributed by atoms with Gasteiger partial charge in [-0.25, -0.2) is 9.97 Å². The molecule has 0 bridgehead atoms. The summed E-state index contributed by atoms with van der Waals surface area (Å²) in [5.41, 5.74) is 17.7. The van der Waals surface area contributed by atoms with Gasteiger partial charge in [0.25, 0.3) is 0 Å². The van der Waals surface area contributed by atoms with Crippen molar-refractivity contribution in [3.8, 4) is 44.5 Å². The second-order valence-electron chi connectivity index (χ2n) is 14.6. The standard InChI is InChI=1S/C54H35N3O/c1-2-9-36(10-3-1)37-17-19-38(20-18-37)39-21-28-43(29-22-39)57(45-32-25-41(26-33-45)46-12-8-13-48-47-11-4-7-16-53(47)58-54(46)48)44-30-23-40(24-31-44)42-27-34-51-52(35-42)56-50-15-6-5-14-49(50)55-51/h1-35H. The lowest BCUT2D eigenvalue weighted by Crippen LogP contribution is -2.09. The van der Waals surface area contributed by atoms with Crippen molar-refractivity contribution in [1.82, 2.24) is 9.97 Å². The Morgan fingerprint density at radius 2 is 0.759 bits per heavy atom. The van der Waals surface area contributed by atoms with E-state index < -0.39 is 0 Å². The molecule has 4 heteroatoms. The van der Waals surface area contributed by atoms with E-state index in [1.165, 1.54) is 22.3 Å². The van der Waals surface area contributed by atoms with Gasteiger partial charge in [-0.15, -0.1) is 0 Å². The summed E-state index contributed by atoms with van der Waals surface area (Å²) in [5, 5.41) is 2.26. The quantitative estimate of drug-likeness (QED) is 0.153. The molecule has 0 aliphatic rings. The summed E-state index contributed by atoms with van der Waals surface area (Å²) < 4.78 is 6.40. The number of anilines is 3. The van der Waals surface area contributed by atoms with E-state index in [4.69, 9.17) is 14.4 Å². The molecule has 272 valence electrons. The van der Waals surface area contributed by atoms with Gasteiger partial charge in [0.2, 0.25) is 0 Å². The monoisotopic (exact) mass is 741 g/mol. The van der Waals surface area contributed by atoms with Crippen molar-refractivity contribution in [2.75, 3.05) is 4.90 Å². The number of hydrogen-bond donors (Lipinski definition) is 0. The normalized spacial score (nSPS) is 11.4. The van der Waals surface area contributed by atoms with Crippen molar-refractivity contribution in [2.24, 2.45) is 0 Å². The van der Waals surface area contributed by atoms with Gasteiger partial charge in [0.15, 0.2) is 0 Å². The Kier molecular flexibility index (Phi) is 8.11. The Bertz CT molecular complexity index is 3240. The topological polar surface area (TPSA) is 42.2 Å². The van der Waals surface area contributed by atoms with Gasteiger partial charge >= 0.3 is 0 Å². The maximum Gasteiger partial charge on any atom is 0.143 e. The van der Waals surface area contributed by atoms with Gasteiger partial charge in [-0.05, 0) is 106 Å². The average Bonchev–Trinajstić information content (AvgIpc) is 3.68. The summed E-state index contributed by atoms with van der Waals surface area (Å²) in [6.07, 6.45) is 0. The first-order chi connectivity index (χ1) is 28.7. The molecular weight excluding hydrogens is 707 g/mol. The lowest BCUT2D eigenvalue weighted by atomic mass is 9.99. The molecule has 0 saturated carbocycles. The highest BCUT2D eigenvalue weighted by atomic mass is 16.3. The molecule has 0 amide bonds. The molecule has 4 nitrogen and oxygen atoms in total. The molecule has 0 aliphatic heterocycles. The largest absolute Gasteiger partial charge is 0.455 e. The smallest absolute Gasteiger partial charge is 0.143 e. The molecule has 2 heterocycles. The van der Waals surface area contributed by atoms with Crippen molar-refractivity contribution in [2.45, 2.75) is 0 Å². The molecule has 2 aromatic heterocycles. The second-order valence-corrected chi connectivity index (χ2v) is 14.6. The zero-order valence-corrected chi connectivity index (χ0v) is 31.5. The highest BCUT2D eigenvalue weighted by Crippen LogP contribution is 2.40. The van der Waals surface area contributed by atoms with Gasteiger partial charge < -0.3 is 9.32 Å². The molecule has 58 heavy (non-hydrogen) atoms. The molecule has 11 rings (SSSR count). The summed E-state index contributed by atoms with van der Waals surface area (Å²) in [4.78, 5) is 12.1. The lowest BCUT2D eigenvalue weighted by molar-refractivity contribution is 0.670. The molecule has 0 aliphatic carbocycles. The van der Waals surface area contributed by atoms with E-state index in [1.54, 1.807) is 0 Å². The van der Waals surface area contributed by atoms with Crippen LogP contribution in [-0.2, 0) is 0 Å². The fraction of sp³-hybridized carbons (Fsp3) is 0. The molecule has 0 spiro atoms. The Morgan fingerprint density at radius 1 is 0.310 bits per heavy atom. The minimum atomic E-state index is 0.884. The molecule has 0 radical (unpaired) electrons. The third-order valence-electron chi connectivity index (χ3n) is 11.1. The van der Waals surface area contributed by atoms with Crippen molar-refractivity contribution < 1.29 is 4.42 Å². The number of rotatable bonds is 7. The molecule has 9 aromatic carbocycles. The van der Waals surface area contributed by atoms with Crippen LogP contribution >= 0.6 is 0 Å². The second kappa shape index (κ2) is 14.0. The Hall–Kier alpha value is -7.82. The maximum atomic E-state index is 6.40. The summed E-state index contributed by atoms with van der Waals surface area (Å²) in [6, 6.07) is 74.7. The lowest BCUT2D eigenvalue weighted by Gasteiger charge is -2.26. The average molecular weight is 742 g/mol. The number of nitrogens with zero attached hydrogens (tertiary/aromatic N) is 3. The van der Waals surface area contributed by atoms with Crippen LogP contribution in [0.4, 0.5) is 17.1 Å². The number of hydrogen-bond acceptors (Lipinski definition) is 4. The van der Waals surface area contributed by atoms with E-state index in [-0.39, 0.29) is 0 Å². The Morgan fingerprint density at radius 3 is 1.40 bits per heavy atom. The van der Waals surface area contributed by atoms with Crippen LogP contribution in [0.15, 0.2) is 217 Å². The summed E-state index contributed by atoms with van der Waals surface area (Å²) in [7, 11) is 0. The van der Waals surface area contributed by atoms with Gasteiger partial charge in [0.1, 0.15) is 11.2 Å². The zero-order valence-electron chi connectivity index (χ0n) is 31.5. The van der Waals surface area contributed by atoms with Crippen LogP contribution in [0.25, 0.3) is 88.5 Å². The van der Waals surface area contributed by atoms with Gasteiger partial charge in [-0.1, -0.05) is 146 Å². The molecule has 0 N–H and O–H groups in total. The van der Waals surface area contributed by atoms with Gasteiger partial charge in [-0.3, -0.25) is 0 Å². The summed E-state index contributed by atoms with van der Waals surface area (Å²) >= 11 is 0. The van der Waals surface area contributed by atoms with E-state index in [2.05, 4.69) is 181 Å². The minimum absolute atomic E-state index is 0.884. The molecule has 0 unspecified atom stereocenters. The van der Waals surface area contributed by atoms with E-state index in [1.807, 2.05) is 36.4 Å². The van der Waals surface area contributed by atoms with E-state index in [0.29, 0.717) is 0 Å². The van der Waals surface area contributed by atoms with Crippen molar-refractivity contribution in [3.63, 3.8) is 0 Å². The third kappa shape index (κ3) is 6.05. The van der Waals surface area contributed by atoms with Crippen LogP contribution in [0.5, 0.6) is 0 Å². The number of furan rings is 1. The molecule has 0 atom stereocenters. The van der Waals surface area contributed by atoms with Crippen LogP contribution in [0.1, 0.15) is 0 Å². The highest BCUT2D eigenvalue weighted by molar-refractivity contribution is 6.09. The van der Waals surface area contributed by atoms with Gasteiger partial charge in [-0.2, -0.15) is 0 Å². The van der Waals surface area contributed by atoms with E-state index in [9.17, 15) is 0 Å².